The largest absolute Gasteiger partial charge is 0.331 e. The monoisotopic (exact) mass is 278 g/mol. The fourth-order valence-corrected chi connectivity index (χ4v) is 2.98. The summed E-state index contributed by atoms with van der Waals surface area (Å²) in [7, 11) is 0. The number of rotatable bonds is 7. The summed E-state index contributed by atoms with van der Waals surface area (Å²) in [6.45, 7) is 12.5. The molecule has 0 spiro atoms. The Bertz CT molecular complexity index is 378. The van der Waals surface area contributed by atoms with Crippen LogP contribution in [0.1, 0.15) is 51.8 Å². The van der Waals surface area contributed by atoms with Gasteiger partial charge in [0.05, 0.1) is 12.0 Å². The van der Waals surface area contributed by atoms with Gasteiger partial charge in [0.2, 0.25) is 0 Å². The SMILES string of the molecule is CCCNCC1CCN(Cc2cncn2C(C)C)CC1. The summed E-state index contributed by atoms with van der Waals surface area (Å²) in [5.74, 6) is 0.868. The molecule has 0 aliphatic carbocycles. The van der Waals surface area contributed by atoms with Gasteiger partial charge < -0.3 is 9.88 Å². The first kappa shape index (κ1) is 15.5. The molecule has 1 aromatic rings. The minimum Gasteiger partial charge on any atom is -0.331 e. The number of imidazole rings is 1. The van der Waals surface area contributed by atoms with Crippen LogP contribution in [0.4, 0.5) is 0 Å². The van der Waals surface area contributed by atoms with Crippen LogP contribution >= 0.6 is 0 Å². The number of nitrogens with zero attached hydrogens (tertiary/aromatic N) is 3. The molecule has 1 saturated heterocycles. The Hall–Kier alpha value is -0.870. The van der Waals surface area contributed by atoms with Gasteiger partial charge in [-0.1, -0.05) is 6.92 Å². The molecule has 0 amide bonds. The van der Waals surface area contributed by atoms with E-state index < -0.39 is 0 Å². The highest BCUT2D eigenvalue weighted by atomic mass is 15.2. The van der Waals surface area contributed by atoms with Crippen LogP contribution in [0.15, 0.2) is 12.5 Å². The number of aromatic nitrogens is 2. The van der Waals surface area contributed by atoms with E-state index in [4.69, 9.17) is 0 Å². The smallest absolute Gasteiger partial charge is 0.0951 e. The van der Waals surface area contributed by atoms with Gasteiger partial charge in [0, 0.05) is 18.8 Å². The van der Waals surface area contributed by atoms with Gasteiger partial charge in [-0.2, -0.15) is 0 Å². The Kier molecular flexibility index (Phi) is 6.05. The first-order valence-electron chi connectivity index (χ1n) is 8.14. The average Bonchev–Trinajstić information content (AvgIpc) is 2.89. The van der Waals surface area contributed by atoms with Crippen molar-refractivity contribution in [1.82, 2.24) is 19.8 Å². The minimum absolute atomic E-state index is 0.503. The summed E-state index contributed by atoms with van der Waals surface area (Å²) in [6, 6.07) is 0.503. The quantitative estimate of drug-likeness (QED) is 0.779. The van der Waals surface area contributed by atoms with Crippen molar-refractivity contribution in [1.29, 1.82) is 0 Å². The van der Waals surface area contributed by atoms with Crippen molar-refractivity contribution in [2.24, 2.45) is 5.92 Å². The molecule has 2 heterocycles. The van der Waals surface area contributed by atoms with Gasteiger partial charge in [-0.15, -0.1) is 0 Å². The molecule has 1 aliphatic rings. The summed E-state index contributed by atoms with van der Waals surface area (Å²) in [5.41, 5.74) is 1.35. The molecule has 1 aromatic heterocycles. The molecule has 1 N–H and O–H groups in total. The zero-order valence-corrected chi connectivity index (χ0v) is 13.3. The summed E-state index contributed by atoms with van der Waals surface area (Å²) in [5, 5.41) is 3.56. The molecule has 0 aromatic carbocycles. The zero-order valence-electron chi connectivity index (χ0n) is 13.3. The molecule has 0 bridgehead atoms. The van der Waals surface area contributed by atoms with E-state index >= 15 is 0 Å². The maximum atomic E-state index is 4.30. The van der Waals surface area contributed by atoms with Crippen LogP contribution in [0, 0.1) is 5.92 Å². The van der Waals surface area contributed by atoms with Gasteiger partial charge in [-0.05, 0) is 65.2 Å². The van der Waals surface area contributed by atoms with Gasteiger partial charge in [-0.25, -0.2) is 4.98 Å². The molecule has 0 unspecified atom stereocenters. The minimum atomic E-state index is 0.503. The second-order valence-electron chi connectivity index (χ2n) is 6.31. The normalized spacial score (nSPS) is 18.0. The third-order valence-corrected chi connectivity index (χ3v) is 4.26. The lowest BCUT2D eigenvalue weighted by Gasteiger charge is -2.32. The van der Waals surface area contributed by atoms with Crippen molar-refractivity contribution in [3.63, 3.8) is 0 Å². The van der Waals surface area contributed by atoms with Gasteiger partial charge >= 0.3 is 0 Å². The van der Waals surface area contributed by atoms with Crippen molar-refractivity contribution in [2.75, 3.05) is 26.2 Å². The number of piperidine rings is 1. The lowest BCUT2D eigenvalue weighted by Crippen LogP contribution is -2.37. The Balaban J connectivity index is 1.75. The highest BCUT2D eigenvalue weighted by Gasteiger charge is 2.20. The third kappa shape index (κ3) is 4.32. The van der Waals surface area contributed by atoms with Crippen molar-refractivity contribution in [2.45, 2.75) is 52.6 Å². The predicted octanol–water partition coefficient (Wildman–Crippen LogP) is 2.68. The molecule has 2 rings (SSSR count). The molecule has 4 heteroatoms. The van der Waals surface area contributed by atoms with Gasteiger partial charge in [-0.3, -0.25) is 4.90 Å². The van der Waals surface area contributed by atoms with Crippen molar-refractivity contribution in [3.8, 4) is 0 Å². The molecule has 0 radical (unpaired) electrons. The van der Waals surface area contributed by atoms with Crippen LogP contribution in [0.3, 0.4) is 0 Å². The predicted molar refractivity (Wildman–Crippen MR) is 83.8 cm³/mol. The number of hydrogen-bond acceptors (Lipinski definition) is 3. The summed E-state index contributed by atoms with van der Waals surface area (Å²) >= 11 is 0. The molecule has 1 aliphatic heterocycles. The second kappa shape index (κ2) is 7.79. The molecular weight excluding hydrogens is 248 g/mol. The molecule has 114 valence electrons. The van der Waals surface area contributed by atoms with Crippen molar-refractivity contribution in [3.05, 3.63) is 18.2 Å². The topological polar surface area (TPSA) is 33.1 Å². The van der Waals surface area contributed by atoms with Crippen LogP contribution in [0.25, 0.3) is 0 Å². The van der Waals surface area contributed by atoms with E-state index in [9.17, 15) is 0 Å². The van der Waals surface area contributed by atoms with Crippen LogP contribution in [-0.4, -0.2) is 40.6 Å². The van der Waals surface area contributed by atoms with Crippen molar-refractivity contribution < 1.29 is 0 Å². The summed E-state index contributed by atoms with van der Waals surface area (Å²) in [6.07, 6.45) is 7.87. The first-order chi connectivity index (χ1) is 9.70. The molecule has 0 saturated carbocycles. The van der Waals surface area contributed by atoms with Gasteiger partial charge in [0.25, 0.3) is 0 Å². The van der Waals surface area contributed by atoms with E-state index in [-0.39, 0.29) is 0 Å². The van der Waals surface area contributed by atoms with Crippen LogP contribution < -0.4 is 5.32 Å². The lowest BCUT2D eigenvalue weighted by atomic mass is 9.96. The maximum Gasteiger partial charge on any atom is 0.0951 e. The molecule has 20 heavy (non-hydrogen) atoms. The van der Waals surface area contributed by atoms with E-state index in [1.54, 1.807) is 0 Å². The van der Waals surface area contributed by atoms with E-state index in [0.717, 1.165) is 19.0 Å². The Morgan fingerprint density at radius 2 is 2.10 bits per heavy atom. The molecular formula is C16H30N4. The van der Waals surface area contributed by atoms with Gasteiger partial charge in [0.1, 0.15) is 0 Å². The van der Waals surface area contributed by atoms with E-state index in [2.05, 4.69) is 40.5 Å². The highest BCUT2D eigenvalue weighted by molar-refractivity contribution is 5.00. The highest BCUT2D eigenvalue weighted by Crippen LogP contribution is 2.19. The fraction of sp³-hybridized carbons (Fsp3) is 0.812. The molecule has 0 atom stereocenters. The van der Waals surface area contributed by atoms with E-state index in [0.29, 0.717) is 6.04 Å². The fourth-order valence-electron chi connectivity index (χ4n) is 2.98. The van der Waals surface area contributed by atoms with E-state index in [1.807, 2.05) is 12.5 Å². The number of nitrogens with one attached hydrogen (secondary N) is 1. The average molecular weight is 278 g/mol. The first-order valence-corrected chi connectivity index (χ1v) is 8.14. The maximum absolute atomic E-state index is 4.30. The van der Waals surface area contributed by atoms with Crippen LogP contribution in [0.2, 0.25) is 0 Å². The number of likely N-dealkylation sites (tertiary alicyclic amines) is 1. The van der Waals surface area contributed by atoms with E-state index in [1.165, 1.54) is 44.6 Å². The second-order valence-corrected chi connectivity index (χ2v) is 6.31. The van der Waals surface area contributed by atoms with Crippen molar-refractivity contribution >= 4 is 0 Å². The van der Waals surface area contributed by atoms with Crippen LogP contribution in [0.5, 0.6) is 0 Å². The molecule has 4 nitrogen and oxygen atoms in total. The Morgan fingerprint density at radius 1 is 1.35 bits per heavy atom. The lowest BCUT2D eigenvalue weighted by molar-refractivity contribution is 0.171. The Morgan fingerprint density at radius 3 is 2.75 bits per heavy atom. The number of hydrogen-bond donors (Lipinski definition) is 1. The summed E-state index contributed by atoms with van der Waals surface area (Å²) < 4.78 is 2.29. The van der Waals surface area contributed by atoms with Gasteiger partial charge in [0.15, 0.2) is 0 Å². The molecule has 1 fully saturated rings. The van der Waals surface area contributed by atoms with Crippen LogP contribution in [-0.2, 0) is 6.54 Å². The zero-order chi connectivity index (χ0) is 14.4. The Labute approximate surface area is 123 Å². The third-order valence-electron chi connectivity index (χ3n) is 4.26. The standard InChI is InChI=1S/C16H30N4/c1-4-7-17-10-15-5-8-19(9-6-15)12-16-11-18-13-20(16)14(2)3/h11,13-15,17H,4-10,12H2,1-3H3. The summed E-state index contributed by atoms with van der Waals surface area (Å²) in [4.78, 5) is 6.88.